The maximum atomic E-state index is 14.0. The van der Waals surface area contributed by atoms with E-state index in [0.717, 1.165) is 30.6 Å². The Morgan fingerprint density at radius 2 is 1.75 bits per heavy atom. The first-order valence-corrected chi connectivity index (χ1v) is 13.8. The number of likely N-dealkylation sites (N-methyl/N-ethyl adjacent to an activating group) is 1. The normalized spacial score (nSPS) is 29.9. The molecule has 2 saturated carbocycles. The number of benzene rings is 1. The molecule has 218 valence electrons. The quantitative estimate of drug-likeness (QED) is 0.376. The van der Waals surface area contributed by atoms with Crippen LogP contribution in [-0.2, 0) is 32.1 Å². The number of hydrogen-bond acceptors (Lipinski definition) is 10. The van der Waals surface area contributed by atoms with E-state index in [-0.39, 0.29) is 24.2 Å². The van der Waals surface area contributed by atoms with Crippen LogP contribution in [0, 0.1) is 23.7 Å². The van der Waals surface area contributed by atoms with Crippen molar-refractivity contribution in [2.75, 3.05) is 46.7 Å². The van der Waals surface area contributed by atoms with Crippen molar-refractivity contribution in [1.29, 1.82) is 0 Å². The van der Waals surface area contributed by atoms with Crippen LogP contribution >= 0.6 is 0 Å². The highest BCUT2D eigenvalue weighted by Gasteiger charge is 2.69. The molecule has 0 radical (unpaired) electrons. The number of primary amides is 1. The Morgan fingerprint density at radius 3 is 2.30 bits per heavy atom. The molecule has 3 aliphatic carbocycles. The van der Waals surface area contributed by atoms with E-state index in [4.69, 9.17) is 5.73 Å². The van der Waals surface area contributed by atoms with Crippen LogP contribution in [0.3, 0.4) is 0 Å². The van der Waals surface area contributed by atoms with Gasteiger partial charge in [0.25, 0.3) is 0 Å². The lowest BCUT2D eigenvalue weighted by Gasteiger charge is -2.52. The molecule has 2 unspecified atom stereocenters. The second-order valence-corrected chi connectivity index (χ2v) is 12.0. The van der Waals surface area contributed by atoms with E-state index in [2.05, 4.69) is 11.8 Å². The number of carbonyl (C=O) groups is 5. The Bertz CT molecular complexity index is 1280. The topological polar surface area (TPSA) is 162 Å². The average molecular weight is 557 g/mol. The summed E-state index contributed by atoms with van der Waals surface area (Å²) < 4.78 is 0. The number of anilines is 1. The van der Waals surface area contributed by atoms with Gasteiger partial charge in [0, 0.05) is 32.2 Å². The predicted octanol–water partition coefficient (Wildman–Crippen LogP) is 0.165. The van der Waals surface area contributed by atoms with E-state index in [1.165, 1.54) is 4.90 Å². The smallest absolute Gasteiger partial charge is 0.235 e. The molecule has 0 saturated heterocycles. The summed E-state index contributed by atoms with van der Waals surface area (Å²) in [5.41, 5.74) is 4.88. The van der Waals surface area contributed by atoms with Gasteiger partial charge in [-0.05, 0) is 70.1 Å². The Labute approximate surface area is 234 Å². The molecule has 6 atom stereocenters. The number of fused-ring (bicyclic) bond motifs is 3. The summed E-state index contributed by atoms with van der Waals surface area (Å²) in [5, 5.41) is 22.8. The van der Waals surface area contributed by atoms with E-state index < -0.39 is 64.4 Å². The molecule has 0 spiro atoms. The van der Waals surface area contributed by atoms with Crippen molar-refractivity contribution in [2.45, 2.75) is 50.8 Å². The minimum Gasteiger partial charge on any atom is -0.507 e. The SMILES string of the molecule is CCCCN(C)Cc1cc(O)c2c(c1N(C)C)C[C@H]1C[C@H]3[C@H](N(C)C)C(=O)C(C(N)=O)C(=O)[C@@]3(O)C(=O)C1C2=O. The molecule has 1 aromatic rings. The van der Waals surface area contributed by atoms with Crippen LogP contribution in [0.4, 0.5) is 5.69 Å². The molecular formula is C29H40N4O7. The number of aromatic hydroxyl groups is 1. The largest absolute Gasteiger partial charge is 0.507 e. The number of ketones is 4. The summed E-state index contributed by atoms with van der Waals surface area (Å²) in [5.74, 6) is -10.4. The number of Topliss-reactive ketones (excluding diaryl/α,β-unsaturated/α-hetero) is 4. The lowest BCUT2D eigenvalue weighted by molar-refractivity contribution is -0.181. The van der Waals surface area contributed by atoms with Crippen LogP contribution in [0.15, 0.2) is 6.07 Å². The Balaban J connectivity index is 1.84. The van der Waals surface area contributed by atoms with Crippen molar-refractivity contribution in [3.05, 3.63) is 22.8 Å². The third-order valence-electron chi connectivity index (χ3n) is 8.89. The summed E-state index contributed by atoms with van der Waals surface area (Å²) in [6, 6.07) is 0.428. The van der Waals surface area contributed by atoms with Gasteiger partial charge in [-0.3, -0.25) is 28.9 Å². The van der Waals surface area contributed by atoms with Crippen LogP contribution in [-0.4, -0.2) is 102 Å². The van der Waals surface area contributed by atoms with Crippen molar-refractivity contribution in [2.24, 2.45) is 29.4 Å². The van der Waals surface area contributed by atoms with Gasteiger partial charge in [-0.25, -0.2) is 0 Å². The first-order valence-electron chi connectivity index (χ1n) is 13.8. The molecule has 4 N–H and O–H groups in total. The molecule has 3 aliphatic rings. The fourth-order valence-corrected chi connectivity index (χ4v) is 7.20. The average Bonchev–Trinajstić information content (AvgIpc) is 2.84. The molecule has 4 rings (SSSR count). The monoisotopic (exact) mass is 556 g/mol. The summed E-state index contributed by atoms with van der Waals surface area (Å²) in [4.78, 5) is 72.2. The molecule has 11 nitrogen and oxygen atoms in total. The molecule has 1 amide bonds. The molecule has 1 aromatic carbocycles. The van der Waals surface area contributed by atoms with Gasteiger partial charge in [-0.2, -0.15) is 0 Å². The summed E-state index contributed by atoms with van der Waals surface area (Å²) in [6.45, 7) is 3.51. The van der Waals surface area contributed by atoms with Crippen molar-refractivity contribution < 1.29 is 34.2 Å². The number of rotatable bonds is 8. The van der Waals surface area contributed by atoms with E-state index in [1.54, 1.807) is 20.2 Å². The lowest BCUT2D eigenvalue weighted by atomic mass is 9.52. The van der Waals surface area contributed by atoms with Gasteiger partial charge < -0.3 is 25.7 Å². The Kier molecular flexibility index (Phi) is 7.96. The van der Waals surface area contributed by atoms with Crippen LogP contribution < -0.4 is 10.6 Å². The fraction of sp³-hybridized carbons (Fsp3) is 0.621. The van der Waals surface area contributed by atoms with E-state index in [1.807, 2.05) is 26.0 Å². The van der Waals surface area contributed by atoms with Crippen molar-refractivity contribution in [3.63, 3.8) is 0 Å². The number of aliphatic hydroxyl groups is 1. The van der Waals surface area contributed by atoms with Gasteiger partial charge in [-0.1, -0.05) is 13.3 Å². The molecular weight excluding hydrogens is 516 g/mol. The first kappa shape index (κ1) is 29.8. The highest BCUT2D eigenvalue weighted by Crippen LogP contribution is 2.52. The van der Waals surface area contributed by atoms with Crippen molar-refractivity contribution in [1.82, 2.24) is 9.80 Å². The number of hydrogen-bond donors (Lipinski definition) is 3. The minimum atomic E-state index is -2.72. The number of nitrogens with zero attached hydrogens (tertiary/aromatic N) is 3. The lowest BCUT2D eigenvalue weighted by Crippen LogP contribution is -2.74. The van der Waals surface area contributed by atoms with Crippen LogP contribution in [0.1, 0.15) is 47.7 Å². The zero-order chi connectivity index (χ0) is 29.8. The maximum Gasteiger partial charge on any atom is 0.235 e. The number of phenols is 1. The van der Waals surface area contributed by atoms with Crippen LogP contribution in [0.5, 0.6) is 5.75 Å². The number of amides is 1. The second-order valence-electron chi connectivity index (χ2n) is 12.0. The second kappa shape index (κ2) is 10.7. The zero-order valence-electron chi connectivity index (χ0n) is 24.1. The predicted molar refractivity (Wildman–Crippen MR) is 147 cm³/mol. The summed E-state index contributed by atoms with van der Waals surface area (Å²) in [7, 11) is 8.84. The Hall–Kier alpha value is -3.15. The first-order chi connectivity index (χ1) is 18.7. The number of carbonyl (C=O) groups excluding carboxylic acids is 5. The van der Waals surface area contributed by atoms with Gasteiger partial charge in [-0.15, -0.1) is 0 Å². The minimum absolute atomic E-state index is 0.00950. The highest BCUT2D eigenvalue weighted by atomic mass is 16.3. The Morgan fingerprint density at radius 1 is 1.10 bits per heavy atom. The van der Waals surface area contributed by atoms with Gasteiger partial charge in [0.05, 0.1) is 17.5 Å². The number of nitrogens with two attached hydrogens (primary N) is 1. The molecule has 11 heteroatoms. The molecule has 0 heterocycles. The van der Waals surface area contributed by atoms with Crippen LogP contribution in [0.2, 0.25) is 0 Å². The molecule has 0 aliphatic heterocycles. The van der Waals surface area contributed by atoms with Gasteiger partial charge in [0.15, 0.2) is 34.7 Å². The summed E-state index contributed by atoms with van der Waals surface area (Å²) in [6.07, 6.45) is 2.32. The van der Waals surface area contributed by atoms with Crippen molar-refractivity contribution >= 4 is 34.7 Å². The molecule has 0 aromatic heterocycles. The fourth-order valence-electron chi connectivity index (χ4n) is 7.20. The standard InChI is InChI=1S/C29H40N4O7/c1-7-8-9-33(6)13-15-12-18(34)20-16(22(15)31(2)3)10-14-11-17-23(32(4)5)25(36)21(28(30)39)27(38)29(17,40)26(37)19(14)24(20)35/h12,14,17,19,21,23,34,40H,7-11,13H2,1-6H3,(H2,30,39)/t14-,17-,19?,21?,23-,29-/m0/s1. The molecule has 40 heavy (non-hydrogen) atoms. The molecule has 0 bridgehead atoms. The number of phenolic OH excluding ortho intramolecular Hbond substituents is 1. The van der Waals surface area contributed by atoms with Crippen LogP contribution in [0.25, 0.3) is 0 Å². The third kappa shape index (κ3) is 4.44. The third-order valence-corrected chi connectivity index (χ3v) is 8.89. The van der Waals surface area contributed by atoms with E-state index in [9.17, 15) is 34.2 Å². The number of unbranched alkanes of at least 4 members (excludes halogenated alkanes) is 1. The summed E-state index contributed by atoms with van der Waals surface area (Å²) >= 11 is 0. The van der Waals surface area contributed by atoms with Crippen molar-refractivity contribution in [3.8, 4) is 5.75 Å². The van der Waals surface area contributed by atoms with E-state index in [0.29, 0.717) is 12.1 Å². The van der Waals surface area contributed by atoms with Gasteiger partial charge in [0.1, 0.15) is 5.75 Å². The molecule has 2 fully saturated rings. The maximum absolute atomic E-state index is 14.0. The van der Waals surface area contributed by atoms with E-state index >= 15 is 0 Å². The van der Waals surface area contributed by atoms with Gasteiger partial charge in [0.2, 0.25) is 5.91 Å². The zero-order valence-corrected chi connectivity index (χ0v) is 24.1. The van der Waals surface area contributed by atoms with Gasteiger partial charge >= 0.3 is 0 Å². The highest BCUT2D eigenvalue weighted by molar-refractivity contribution is 6.32.